The average molecular weight is 317 g/mol. The van der Waals surface area contributed by atoms with Crippen LogP contribution in [0.2, 0.25) is 0 Å². The standard InChI is InChI=1S/C19H27NO3/c1-15-4-2-5-16(12-15)13-20(14-18-6-3-9-23-18)19(21)17-7-10-22-11-8-17/h2,4-5,12,17-18H,3,6-11,13-14H2,1H3/t18-/m0/s1. The Morgan fingerprint density at radius 1 is 1.22 bits per heavy atom. The third kappa shape index (κ3) is 4.55. The highest BCUT2D eigenvalue weighted by atomic mass is 16.5. The average Bonchev–Trinajstić information content (AvgIpc) is 3.07. The quantitative estimate of drug-likeness (QED) is 0.838. The molecule has 0 N–H and O–H groups in total. The molecule has 2 saturated heterocycles. The van der Waals surface area contributed by atoms with Crippen molar-refractivity contribution in [3.63, 3.8) is 0 Å². The summed E-state index contributed by atoms with van der Waals surface area (Å²) in [5, 5.41) is 0. The van der Waals surface area contributed by atoms with E-state index in [4.69, 9.17) is 9.47 Å². The van der Waals surface area contributed by atoms with E-state index in [1.54, 1.807) is 0 Å². The monoisotopic (exact) mass is 317 g/mol. The van der Waals surface area contributed by atoms with Crippen LogP contribution in [0.25, 0.3) is 0 Å². The van der Waals surface area contributed by atoms with Gasteiger partial charge < -0.3 is 14.4 Å². The van der Waals surface area contributed by atoms with Crippen LogP contribution in [-0.2, 0) is 20.8 Å². The van der Waals surface area contributed by atoms with E-state index >= 15 is 0 Å². The molecule has 2 aliphatic rings. The van der Waals surface area contributed by atoms with Gasteiger partial charge in [0.05, 0.1) is 6.10 Å². The van der Waals surface area contributed by atoms with Crippen LogP contribution < -0.4 is 0 Å². The van der Waals surface area contributed by atoms with Crippen molar-refractivity contribution in [3.8, 4) is 0 Å². The summed E-state index contributed by atoms with van der Waals surface area (Å²) in [6.07, 6.45) is 4.05. The largest absolute Gasteiger partial charge is 0.381 e. The first-order chi connectivity index (χ1) is 11.2. The maximum absolute atomic E-state index is 13.0. The van der Waals surface area contributed by atoms with E-state index < -0.39 is 0 Å². The van der Waals surface area contributed by atoms with Crippen molar-refractivity contribution in [2.75, 3.05) is 26.4 Å². The summed E-state index contributed by atoms with van der Waals surface area (Å²) >= 11 is 0. The Balaban J connectivity index is 1.70. The van der Waals surface area contributed by atoms with Gasteiger partial charge in [-0.3, -0.25) is 4.79 Å². The third-order valence-electron chi connectivity index (χ3n) is 4.79. The highest BCUT2D eigenvalue weighted by molar-refractivity contribution is 5.79. The maximum Gasteiger partial charge on any atom is 0.226 e. The SMILES string of the molecule is Cc1cccc(CN(C[C@@H]2CCCO2)C(=O)C2CCOCC2)c1. The van der Waals surface area contributed by atoms with Crippen LogP contribution in [-0.4, -0.2) is 43.3 Å². The number of carbonyl (C=O) groups excluding carboxylic acids is 1. The smallest absolute Gasteiger partial charge is 0.226 e. The van der Waals surface area contributed by atoms with Crippen molar-refractivity contribution in [2.24, 2.45) is 5.92 Å². The van der Waals surface area contributed by atoms with E-state index in [9.17, 15) is 4.79 Å². The van der Waals surface area contributed by atoms with E-state index in [2.05, 4.69) is 31.2 Å². The van der Waals surface area contributed by atoms with Gasteiger partial charge in [-0.1, -0.05) is 29.8 Å². The Morgan fingerprint density at radius 2 is 2.04 bits per heavy atom. The van der Waals surface area contributed by atoms with Crippen LogP contribution in [0, 0.1) is 12.8 Å². The van der Waals surface area contributed by atoms with Crippen LogP contribution in [0.4, 0.5) is 0 Å². The number of amides is 1. The number of nitrogens with zero attached hydrogens (tertiary/aromatic N) is 1. The second-order valence-corrected chi connectivity index (χ2v) is 6.73. The molecule has 0 bridgehead atoms. The molecule has 0 aliphatic carbocycles. The third-order valence-corrected chi connectivity index (χ3v) is 4.79. The Bertz CT molecular complexity index is 519. The first-order valence-electron chi connectivity index (χ1n) is 8.76. The lowest BCUT2D eigenvalue weighted by atomic mass is 9.98. The summed E-state index contributed by atoms with van der Waals surface area (Å²) in [6, 6.07) is 8.43. The molecule has 2 aliphatic heterocycles. The van der Waals surface area contributed by atoms with Crippen molar-refractivity contribution in [3.05, 3.63) is 35.4 Å². The number of ether oxygens (including phenoxy) is 2. The van der Waals surface area contributed by atoms with Gasteiger partial charge in [0.1, 0.15) is 0 Å². The Morgan fingerprint density at radius 3 is 2.74 bits per heavy atom. The number of hydrogen-bond donors (Lipinski definition) is 0. The summed E-state index contributed by atoms with van der Waals surface area (Å²) in [7, 11) is 0. The molecule has 2 fully saturated rings. The van der Waals surface area contributed by atoms with Gasteiger partial charge in [-0.25, -0.2) is 0 Å². The number of aryl methyl sites for hydroxylation is 1. The van der Waals surface area contributed by atoms with Gasteiger partial charge in [0, 0.05) is 38.8 Å². The fourth-order valence-electron chi connectivity index (χ4n) is 3.50. The van der Waals surface area contributed by atoms with Crippen molar-refractivity contribution < 1.29 is 14.3 Å². The van der Waals surface area contributed by atoms with Gasteiger partial charge in [-0.05, 0) is 38.2 Å². The van der Waals surface area contributed by atoms with Crippen LogP contribution in [0.5, 0.6) is 0 Å². The second-order valence-electron chi connectivity index (χ2n) is 6.73. The molecular weight excluding hydrogens is 290 g/mol. The summed E-state index contributed by atoms with van der Waals surface area (Å²) in [4.78, 5) is 15.0. The lowest BCUT2D eigenvalue weighted by Crippen LogP contribution is -2.42. The number of rotatable bonds is 5. The minimum absolute atomic E-state index is 0.106. The van der Waals surface area contributed by atoms with E-state index in [1.165, 1.54) is 11.1 Å². The molecule has 4 nitrogen and oxygen atoms in total. The molecule has 126 valence electrons. The number of carbonyl (C=O) groups is 1. The molecule has 1 aromatic rings. The van der Waals surface area contributed by atoms with Gasteiger partial charge in [0.2, 0.25) is 5.91 Å². The Kier molecular flexibility index (Phi) is 5.68. The van der Waals surface area contributed by atoms with Gasteiger partial charge in [0.15, 0.2) is 0 Å². The molecule has 0 radical (unpaired) electrons. The van der Waals surface area contributed by atoms with Gasteiger partial charge in [-0.2, -0.15) is 0 Å². The maximum atomic E-state index is 13.0. The Labute approximate surface area is 138 Å². The fraction of sp³-hybridized carbons (Fsp3) is 0.632. The normalized spacial score (nSPS) is 22.2. The molecular formula is C19H27NO3. The summed E-state index contributed by atoms with van der Waals surface area (Å²) < 4.78 is 11.2. The van der Waals surface area contributed by atoms with E-state index in [0.717, 1.165) is 32.3 Å². The predicted octanol–water partition coefficient (Wildman–Crippen LogP) is 2.93. The lowest BCUT2D eigenvalue weighted by molar-refractivity contribution is -0.140. The number of hydrogen-bond acceptors (Lipinski definition) is 3. The van der Waals surface area contributed by atoms with Crippen molar-refractivity contribution >= 4 is 5.91 Å². The molecule has 1 atom stereocenters. The molecule has 1 aromatic carbocycles. The lowest BCUT2D eigenvalue weighted by Gasteiger charge is -2.31. The fourth-order valence-corrected chi connectivity index (χ4v) is 3.50. The zero-order valence-corrected chi connectivity index (χ0v) is 14.0. The van der Waals surface area contributed by atoms with Crippen molar-refractivity contribution in [1.82, 2.24) is 4.90 Å². The van der Waals surface area contributed by atoms with Gasteiger partial charge in [0.25, 0.3) is 0 Å². The van der Waals surface area contributed by atoms with Crippen molar-refractivity contribution in [1.29, 1.82) is 0 Å². The highest BCUT2D eigenvalue weighted by Gasteiger charge is 2.29. The summed E-state index contributed by atoms with van der Waals surface area (Å²) in [5.74, 6) is 0.375. The molecule has 23 heavy (non-hydrogen) atoms. The predicted molar refractivity (Wildman–Crippen MR) is 89.1 cm³/mol. The first kappa shape index (κ1) is 16.5. The Hall–Kier alpha value is -1.39. The van der Waals surface area contributed by atoms with Crippen LogP contribution in [0.15, 0.2) is 24.3 Å². The van der Waals surface area contributed by atoms with Gasteiger partial charge >= 0.3 is 0 Å². The zero-order chi connectivity index (χ0) is 16.1. The van der Waals surface area contributed by atoms with Crippen LogP contribution in [0.3, 0.4) is 0 Å². The number of benzene rings is 1. The highest BCUT2D eigenvalue weighted by Crippen LogP contribution is 2.22. The molecule has 3 rings (SSSR count). The molecule has 1 amide bonds. The first-order valence-corrected chi connectivity index (χ1v) is 8.76. The van der Waals surface area contributed by atoms with Crippen LogP contribution >= 0.6 is 0 Å². The van der Waals surface area contributed by atoms with Crippen molar-refractivity contribution in [2.45, 2.75) is 45.3 Å². The molecule has 0 spiro atoms. The zero-order valence-electron chi connectivity index (χ0n) is 14.0. The molecule has 0 saturated carbocycles. The van der Waals surface area contributed by atoms with Gasteiger partial charge in [-0.15, -0.1) is 0 Å². The second kappa shape index (κ2) is 7.93. The summed E-state index contributed by atoms with van der Waals surface area (Å²) in [6.45, 7) is 5.72. The molecule has 0 aromatic heterocycles. The molecule has 2 heterocycles. The van der Waals surface area contributed by atoms with E-state index in [1.807, 2.05) is 4.90 Å². The summed E-state index contributed by atoms with van der Waals surface area (Å²) in [5.41, 5.74) is 2.43. The van der Waals surface area contributed by atoms with E-state index in [0.29, 0.717) is 26.3 Å². The topological polar surface area (TPSA) is 38.8 Å². The minimum Gasteiger partial charge on any atom is -0.381 e. The molecule has 4 heteroatoms. The molecule has 0 unspecified atom stereocenters. The van der Waals surface area contributed by atoms with E-state index in [-0.39, 0.29) is 17.9 Å². The minimum atomic E-state index is 0.106. The van der Waals surface area contributed by atoms with Crippen LogP contribution in [0.1, 0.15) is 36.8 Å².